The highest BCUT2D eigenvalue weighted by Crippen LogP contribution is 2.49. The zero-order chi connectivity index (χ0) is 31.1. The molecule has 236 valence electrons. The fraction of sp³-hybridized carbons (Fsp3) is 0.421. The van der Waals surface area contributed by atoms with Crippen molar-refractivity contribution in [3.8, 4) is 0 Å². The number of benzene rings is 3. The molecule has 2 aliphatic heterocycles. The first kappa shape index (κ1) is 31.5. The van der Waals surface area contributed by atoms with Crippen LogP contribution in [0.4, 0.5) is 0 Å². The molecule has 0 bridgehead atoms. The second kappa shape index (κ2) is 14.8. The third kappa shape index (κ3) is 8.04. The van der Waals surface area contributed by atoms with E-state index in [0.717, 1.165) is 31.4 Å². The minimum Gasteiger partial charge on any atom is -0.351 e. The molecule has 6 rings (SSSR count). The molecule has 3 aliphatic rings. The van der Waals surface area contributed by atoms with Crippen LogP contribution in [-0.2, 0) is 9.59 Å². The molecule has 2 heterocycles. The highest BCUT2D eigenvalue weighted by atomic mass is 35.5. The van der Waals surface area contributed by atoms with Gasteiger partial charge >= 0.3 is 0 Å². The molecule has 2 N–H and O–H groups in total. The van der Waals surface area contributed by atoms with Crippen molar-refractivity contribution >= 4 is 29.5 Å². The molecule has 1 aliphatic carbocycles. The monoisotopic (exact) mass is 624 g/mol. The Morgan fingerprint density at radius 3 is 2.27 bits per heavy atom. The standard InChI is InChI=1S/C38H45ClN4O2/c39-33-17-14-29(15-18-33)16-19-36(44)40-27-34-21-25-43(28-35(30-10-4-1-5-11-30)31-12-6-2-7-13-31)37(45)38(41-34)26-32(38)20-24-42-22-8-3-9-23-42/h1-2,4-7,10-19,32,34-35,41H,3,8-9,20-28H2,(H,40,44)/b19-16+/t32?,34-,38?/m0/s1. The van der Waals surface area contributed by atoms with Gasteiger partial charge in [0.1, 0.15) is 5.54 Å². The van der Waals surface area contributed by atoms with Crippen molar-refractivity contribution in [3.05, 3.63) is 113 Å². The van der Waals surface area contributed by atoms with E-state index >= 15 is 0 Å². The van der Waals surface area contributed by atoms with E-state index in [1.54, 1.807) is 12.2 Å². The lowest BCUT2D eigenvalue weighted by Gasteiger charge is -2.30. The van der Waals surface area contributed by atoms with Gasteiger partial charge in [-0.25, -0.2) is 0 Å². The lowest BCUT2D eigenvalue weighted by molar-refractivity contribution is -0.134. The number of halogens is 1. The summed E-state index contributed by atoms with van der Waals surface area (Å²) in [5.41, 5.74) is 2.80. The number of hydrogen-bond donors (Lipinski definition) is 2. The molecule has 3 fully saturated rings. The van der Waals surface area contributed by atoms with E-state index < -0.39 is 5.54 Å². The van der Waals surface area contributed by atoms with E-state index in [0.29, 0.717) is 30.6 Å². The Kier molecular flexibility index (Phi) is 10.3. The van der Waals surface area contributed by atoms with Gasteiger partial charge in [0.2, 0.25) is 11.8 Å². The normalized spacial score (nSPS) is 23.9. The first-order valence-electron chi connectivity index (χ1n) is 16.6. The van der Waals surface area contributed by atoms with E-state index in [2.05, 4.69) is 69.0 Å². The van der Waals surface area contributed by atoms with Crippen LogP contribution in [0, 0.1) is 5.92 Å². The molecule has 1 saturated carbocycles. The molecule has 2 unspecified atom stereocenters. The molecule has 3 atom stereocenters. The second-order valence-corrected chi connectivity index (χ2v) is 13.4. The number of carbonyl (C=O) groups excluding carboxylic acids is 2. The van der Waals surface area contributed by atoms with Gasteiger partial charge in [-0.3, -0.25) is 14.9 Å². The van der Waals surface area contributed by atoms with Crippen LogP contribution in [0.5, 0.6) is 0 Å². The number of carbonyl (C=O) groups is 2. The predicted molar refractivity (Wildman–Crippen MR) is 182 cm³/mol. The van der Waals surface area contributed by atoms with Crippen LogP contribution in [0.3, 0.4) is 0 Å². The molecule has 3 aromatic rings. The second-order valence-electron chi connectivity index (χ2n) is 12.9. The Morgan fingerprint density at radius 1 is 0.933 bits per heavy atom. The molecule has 6 nitrogen and oxygen atoms in total. The third-order valence-electron chi connectivity index (χ3n) is 9.85. The third-order valence-corrected chi connectivity index (χ3v) is 10.1. The Morgan fingerprint density at radius 2 is 1.60 bits per heavy atom. The van der Waals surface area contributed by atoms with Crippen LogP contribution in [0.25, 0.3) is 6.08 Å². The topological polar surface area (TPSA) is 64.7 Å². The highest BCUT2D eigenvalue weighted by molar-refractivity contribution is 6.30. The van der Waals surface area contributed by atoms with E-state index in [-0.39, 0.29) is 23.8 Å². The summed E-state index contributed by atoms with van der Waals surface area (Å²) in [6.45, 7) is 5.16. The minimum atomic E-state index is -0.557. The van der Waals surface area contributed by atoms with Crippen LogP contribution in [0.2, 0.25) is 5.02 Å². The van der Waals surface area contributed by atoms with Crippen molar-refractivity contribution in [2.75, 3.05) is 39.3 Å². The fourth-order valence-corrected chi connectivity index (χ4v) is 7.31. The van der Waals surface area contributed by atoms with Crippen LogP contribution >= 0.6 is 11.6 Å². The van der Waals surface area contributed by atoms with Gasteiger partial charge < -0.3 is 15.1 Å². The number of amides is 2. The highest BCUT2D eigenvalue weighted by Gasteiger charge is 2.62. The summed E-state index contributed by atoms with van der Waals surface area (Å²) < 4.78 is 0. The number of piperidine rings is 1. The molecular weight excluding hydrogens is 580 g/mol. The lowest BCUT2D eigenvalue weighted by atomic mass is 9.90. The van der Waals surface area contributed by atoms with Gasteiger partial charge in [0.25, 0.3) is 0 Å². The summed E-state index contributed by atoms with van der Waals surface area (Å²) in [5.74, 6) is 0.481. The van der Waals surface area contributed by atoms with Gasteiger partial charge in [0.05, 0.1) is 0 Å². The summed E-state index contributed by atoms with van der Waals surface area (Å²) in [4.78, 5) is 32.0. The zero-order valence-corrected chi connectivity index (χ0v) is 26.8. The summed E-state index contributed by atoms with van der Waals surface area (Å²) in [7, 11) is 0. The number of likely N-dealkylation sites (tertiary alicyclic amines) is 1. The summed E-state index contributed by atoms with van der Waals surface area (Å²) in [6, 6.07) is 28.5. The van der Waals surface area contributed by atoms with E-state index in [9.17, 15) is 9.59 Å². The van der Waals surface area contributed by atoms with Gasteiger partial charge in [-0.2, -0.15) is 0 Å². The fourth-order valence-electron chi connectivity index (χ4n) is 7.18. The molecule has 3 aromatic carbocycles. The van der Waals surface area contributed by atoms with Crippen LogP contribution in [0.15, 0.2) is 91.0 Å². The van der Waals surface area contributed by atoms with Gasteiger partial charge in [-0.15, -0.1) is 0 Å². The van der Waals surface area contributed by atoms with Crippen molar-refractivity contribution in [2.24, 2.45) is 5.92 Å². The first-order valence-corrected chi connectivity index (χ1v) is 17.0. The van der Waals surface area contributed by atoms with Crippen molar-refractivity contribution in [3.63, 3.8) is 0 Å². The number of nitrogens with one attached hydrogen (secondary N) is 2. The van der Waals surface area contributed by atoms with Crippen molar-refractivity contribution < 1.29 is 9.59 Å². The number of rotatable bonds is 11. The van der Waals surface area contributed by atoms with Crippen LogP contribution in [-0.4, -0.2) is 72.5 Å². The SMILES string of the molecule is O=C(/C=C/c1ccc(Cl)cc1)NC[C@@H]1CCN(CC(c2ccccc2)c2ccccc2)C(=O)C2(CC2CCN2CCCCC2)N1. The average Bonchev–Trinajstić information content (AvgIpc) is 3.82. The molecule has 2 amide bonds. The smallest absolute Gasteiger partial charge is 0.244 e. The van der Waals surface area contributed by atoms with Gasteiger partial charge in [0, 0.05) is 42.7 Å². The van der Waals surface area contributed by atoms with Crippen LogP contribution < -0.4 is 10.6 Å². The maximum absolute atomic E-state index is 14.5. The maximum Gasteiger partial charge on any atom is 0.244 e. The van der Waals surface area contributed by atoms with Crippen molar-refractivity contribution in [1.29, 1.82) is 0 Å². The largest absolute Gasteiger partial charge is 0.351 e. The molecule has 1 spiro atoms. The van der Waals surface area contributed by atoms with Gasteiger partial charge in [0.15, 0.2) is 0 Å². The molecule has 2 saturated heterocycles. The lowest BCUT2D eigenvalue weighted by Crippen LogP contribution is -2.52. The van der Waals surface area contributed by atoms with Crippen LogP contribution in [0.1, 0.15) is 61.1 Å². The van der Waals surface area contributed by atoms with E-state index in [1.165, 1.54) is 43.5 Å². The Bertz CT molecular complexity index is 1400. The zero-order valence-electron chi connectivity index (χ0n) is 26.0. The summed E-state index contributed by atoms with van der Waals surface area (Å²) >= 11 is 5.99. The van der Waals surface area contributed by atoms with Gasteiger partial charge in [-0.05, 0) is 92.6 Å². The number of nitrogens with zero attached hydrogens (tertiary/aromatic N) is 2. The van der Waals surface area contributed by atoms with Gasteiger partial charge in [-0.1, -0.05) is 90.8 Å². The Hall–Kier alpha value is -3.45. The average molecular weight is 625 g/mol. The summed E-state index contributed by atoms with van der Waals surface area (Å²) in [5, 5.41) is 7.57. The van der Waals surface area contributed by atoms with E-state index in [4.69, 9.17) is 11.6 Å². The van der Waals surface area contributed by atoms with Crippen molar-refractivity contribution in [1.82, 2.24) is 20.4 Å². The maximum atomic E-state index is 14.5. The minimum absolute atomic E-state index is 0.0127. The first-order chi connectivity index (χ1) is 22.0. The summed E-state index contributed by atoms with van der Waals surface area (Å²) in [6.07, 6.45) is 9.90. The Balaban J connectivity index is 1.17. The quantitative estimate of drug-likeness (QED) is 0.252. The molecule has 45 heavy (non-hydrogen) atoms. The molecule has 0 radical (unpaired) electrons. The van der Waals surface area contributed by atoms with E-state index in [1.807, 2.05) is 36.4 Å². The van der Waals surface area contributed by atoms with Crippen molar-refractivity contribution in [2.45, 2.75) is 56.0 Å². The molecule has 7 heteroatoms. The molecular formula is C38H45ClN4O2. The molecule has 0 aromatic heterocycles. The number of hydrogen-bond acceptors (Lipinski definition) is 4. The predicted octanol–water partition coefficient (Wildman–Crippen LogP) is 6.13. The Labute approximate surface area is 272 Å².